The van der Waals surface area contributed by atoms with E-state index in [0.717, 1.165) is 12.8 Å². The van der Waals surface area contributed by atoms with E-state index in [0.29, 0.717) is 23.8 Å². The molecular weight excluding hydrogens is 304 g/mol. The van der Waals surface area contributed by atoms with Crippen LogP contribution in [0.5, 0.6) is 5.75 Å². The molecule has 0 spiro atoms. The molecule has 0 aliphatic rings. The predicted octanol–water partition coefficient (Wildman–Crippen LogP) is 3.15. The smallest absolute Gasteiger partial charge is 0.255 e. The van der Waals surface area contributed by atoms with Gasteiger partial charge in [-0.25, -0.2) is 0 Å². The van der Waals surface area contributed by atoms with Crippen LogP contribution in [0.2, 0.25) is 0 Å². The van der Waals surface area contributed by atoms with Gasteiger partial charge in [-0.1, -0.05) is 38.8 Å². The highest BCUT2D eigenvalue weighted by molar-refractivity contribution is 5.97. The minimum atomic E-state index is -0.231. The van der Waals surface area contributed by atoms with Crippen molar-refractivity contribution in [2.75, 3.05) is 13.7 Å². The summed E-state index contributed by atoms with van der Waals surface area (Å²) in [5.41, 5.74) is 0.475. The molecule has 2 amide bonds. The van der Waals surface area contributed by atoms with Crippen LogP contribution in [0, 0.1) is 5.92 Å². The van der Waals surface area contributed by atoms with E-state index in [1.807, 2.05) is 13.0 Å². The van der Waals surface area contributed by atoms with Crippen LogP contribution in [0.1, 0.15) is 56.8 Å². The van der Waals surface area contributed by atoms with Gasteiger partial charge < -0.3 is 15.4 Å². The Morgan fingerprint density at radius 1 is 1.12 bits per heavy atom. The number of para-hydroxylation sites is 1. The van der Waals surface area contributed by atoms with Crippen molar-refractivity contribution in [3.8, 4) is 5.75 Å². The van der Waals surface area contributed by atoms with Crippen LogP contribution < -0.4 is 15.4 Å². The number of ether oxygens (including phenoxy) is 1. The fraction of sp³-hybridized carbons (Fsp3) is 0.579. The van der Waals surface area contributed by atoms with Crippen molar-refractivity contribution < 1.29 is 14.3 Å². The lowest BCUT2D eigenvalue weighted by Crippen LogP contribution is -2.35. The lowest BCUT2D eigenvalue weighted by Gasteiger charge is -2.15. The molecule has 1 aromatic rings. The predicted molar refractivity (Wildman–Crippen MR) is 96.2 cm³/mol. The quantitative estimate of drug-likeness (QED) is 0.691. The first-order valence-electron chi connectivity index (χ1n) is 8.64. The highest BCUT2D eigenvalue weighted by Gasteiger charge is 2.12. The summed E-state index contributed by atoms with van der Waals surface area (Å²) in [6.07, 6.45) is 3.55. The number of amides is 2. The Hall–Kier alpha value is -2.04. The fourth-order valence-corrected chi connectivity index (χ4v) is 2.47. The summed E-state index contributed by atoms with van der Waals surface area (Å²) in [6.45, 7) is 6.73. The lowest BCUT2D eigenvalue weighted by molar-refractivity contribution is -0.121. The second-order valence-corrected chi connectivity index (χ2v) is 6.50. The van der Waals surface area contributed by atoms with E-state index >= 15 is 0 Å². The molecular formula is C19H30N2O3. The number of rotatable bonds is 10. The van der Waals surface area contributed by atoms with Gasteiger partial charge in [0.05, 0.1) is 12.7 Å². The van der Waals surface area contributed by atoms with Gasteiger partial charge in [0.25, 0.3) is 5.91 Å². The zero-order chi connectivity index (χ0) is 17.9. The van der Waals surface area contributed by atoms with Crippen LogP contribution in [-0.4, -0.2) is 31.5 Å². The van der Waals surface area contributed by atoms with Crippen molar-refractivity contribution >= 4 is 11.8 Å². The van der Waals surface area contributed by atoms with Crippen molar-refractivity contribution in [3.63, 3.8) is 0 Å². The molecule has 5 heteroatoms. The monoisotopic (exact) mass is 334 g/mol. The van der Waals surface area contributed by atoms with Crippen molar-refractivity contribution in [2.24, 2.45) is 5.92 Å². The molecule has 0 aliphatic carbocycles. The molecule has 24 heavy (non-hydrogen) atoms. The van der Waals surface area contributed by atoms with Crippen molar-refractivity contribution in [3.05, 3.63) is 29.8 Å². The van der Waals surface area contributed by atoms with E-state index in [4.69, 9.17) is 4.74 Å². The largest absolute Gasteiger partial charge is 0.496 e. The van der Waals surface area contributed by atoms with Gasteiger partial charge in [0.15, 0.2) is 0 Å². The van der Waals surface area contributed by atoms with Crippen LogP contribution in [-0.2, 0) is 4.79 Å². The maximum atomic E-state index is 12.1. The molecule has 0 radical (unpaired) electrons. The fourth-order valence-electron chi connectivity index (χ4n) is 2.47. The SMILES string of the molecule is COc1ccccc1C(=O)NCCC(=O)NC(C)CCCC(C)C. The van der Waals surface area contributed by atoms with Crippen molar-refractivity contribution in [2.45, 2.75) is 52.5 Å². The lowest BCUT2D eigenvalue weighted by atomic mass is 10.0. The molecule has 1 unspecified atom stereocenters. The van der Waals surface area contributed by atoms with E-state index in [2.05, 4.69) is 24.5 Å². The zero-order valence-corrected chi connectivity index (χ0v) is 15.2. The number of methoxy groups -OCH3 is 1. The van der Waals surface area contributed by atoms with Gasteiger partial charge in [0.2, 0.25) is 5.91 Å². The van der Waals surface area contributed by atoms with Crippen LogP contribution in [0.3, 0.4) is 0 Å². The Balaban J connectivity index is 2.28. The number of hydrogen-bond donors (Lipinski definition) is 2. The molecule has 5 nitrogen and oxygen atoms in total. The van der Waals surface area contributed by atoms with Crippen LogP contribution >= 0.6 is 0 Å². The third-order valence-electron chi connectivity index (χ3n) is 3.82. The summed E-state index contributed by atoms with van der Waals surface area (Å²) in [6, 6.07) is 7.19. The Morgan fingerprint density at radius 2 is 1.83 bits per heavy atom. The van der Waals surface area contributed by atoms with E-state index in [9.17, 15) is 9.59 Å². The number of carbonyl (C=O) groups excluding carboxylic acids is 2. The molecule has 1 aromatic carbocycles. The summed E-state index contributed by atoms with van der Waals surface area (Å²) in [7, 11) is 1.53. The van der Waals surface area contributed by atoms with Gasteiger partial charge in [0, 0.05) is 19.0 Å². The minimum Gasteiger partial charge on any atom is -0.496 e. The Bertz CT molecular complexity index is 529. The molecule has 0 fully saturated rings. The van der Waals surface area contributed by atoms with Gasteiger partial charge in [-0.15, -0.1) is 0 Å². The highest BCUT2D eigenvalue weighted by atomic mass is 16.5. The standard InChI is InChI=1S/C19H30N2O3/c1-14(2)8-7-9-15(3)21-18(22)12-13-20-19(23)16-10-5-6-11-17(16)24-4/h5-6,10-11,14-15H,7-9,12-13H2,1-4H3,(H,20,23)(H,21,22). The van der Waals surface area contributed by atoms with Crippen molar-refractivity contribution in [1.82, 2.24) is 10.6 Å². The summed E-state index contributed by atoms with van der Waals surface area (Å²) >= 11 is 0. The first-order chi connectivity index (χ1) is 11.4. The normalized spacial score (nSPS) is 11.9. The Labute approximate surface area is 145 Å². The molecule has 0 heterocycles. The maximum Gasteiger partial charge on any atom is 0.255 e. The minimum absolute atomic E-state index is 0.0348. The number of nitrogens with one attached hydrogen (secondary N) is 2. The zero-order valence-electron chi connectivity index (χ0n) is 15.2. The molecule has 0 aliphatic heterocycles. The van der Waals surface area contributed by atoms with E-state index in [-0.39, 0.29) is 24.3 Å². The van der Waals surface area contributed by atoms with Gasteiger partial charge in [-0.2, -0.15) is 0 Å². The highest BCUT2D eigenvalue weighted by Crippen LogP contribution is 2.16. The second kappa shape index (κ2) is 10.7. The first-order valence-corrected chi connectivity index (χ1v) is 8.64. The maximum absolute atomic E-state index is 12.1. The van der Waals surface area contributed by atoms with E-state index < -0.39 is 0 Å². The van der Waals surface area contributed by atoms with E-state index in [1.54, 1.807) is 18.2 Å². The Morgan fingerprint density at radius 3 is 2.50 bits per heavy atom. The summed E-state index contributed by atoms with van der Waals surface area (Å²) in [4.78, 5) is 24.0. The van der Waals surface area contributed by atoms with Gasteiger partial charge in [-0.3, -0.25) is 9.59 Å². The number of hydrogen-bond acceptors (Lipinski definition) is 3. The molecule has 0 aromatic heterocycles. The molecule has 0 saturated heterocycles. The van der Waals surface area contributed by atoms with Crippen molar-refractivity contribution in [1.29, 1.82) is 0 Å². The van der Waals surface area contributed by atoms with Crippen LogP contribution in [0.25, 0.3) is 0 Å². The molecule has 0 saturated carbocycles. The molecule has 1 atom stereocenters. The average Bonchev–Trinajstić information content (AvgIpc) is 2.54. The molecule has 2 N–H and O–H groups in total. The summed E-state index contributed by atoms with van der Waals surface area (Å²) in [5.74, 6) is 0.953. The van der Waals surface area contributed by atoms with Crippen LogP contribution in [0.4, 0.5) is 0 Å². The number of carbonyl (C=O) groups is 2. The van der Waals surface area contributed by atoms with Gasteiger partial charge in [-0.05, 0) is 31.4 Å². The Kier molecular flexibility index (Phi) is 8.90. The molecule has 134 valence electrons. The average molecular weight is 334 g/mol. The topological polar surface area (TPSA) is 67.4 Å². The molecule has 1 rings (SSSR count). The van der Waals surface area contributed by atoms with Gasteiger partial charge >= 0.3 is 0 Å². The summed E-state index contributed by atoms with van der Waals surface area (Å²) < 4.78 is 5.16. The third kappa shape index (κ3) is 7.49. The van der Waals surface area contributed by atoms with Crippen LogP contribution in [0.15, 0.2) is 24.3 Å². The summed E-state index contributed by atoms with van der Waals surface area (Å²) in [5, 5.41) is 5.73. The second-order valence-electron chi connectivity index (χ2n) is 6.50. The number of benzene rings is 1. The van der Waals surface area contributed by atoms with E-state index in [1.165, 1.54) is 13.5 Å². The third-order valence-corrected chi connectivity index (χ3v) is 3.82. The van der Waals surface area contributed by atoms with Gasteiger partial charge in [0.1, 0.15) is 5.75 Å². The first kappa shape index (κ1) is 20.0. The molecule has 0 bridgehead atoms.